The van der Waals surface area contributed by atoms with Crippen molar-refractivity contribution in [3.05, 3.63) is 0 Å². The Kier molecular flexibility index (Phi) is 3.99. The highest BCUT2D eigenvalue weighted by Crippen LogP contribution is 2.52. The summed E-state index contributed by atoms with van der Waals surface area (Å²) < 4.78 is 5.56. The van der Waals surface area contributed by atoms with E-state index in [-0.39, 0.29) is 17.0 Å². The van der Waals surface area contributed by atoms with Crippen LogP contribution in [0.15, 0.2) is 0 Å². The van der Waals surface area contributed by atoms with Crippen LogP contribution in [-0.4, -0.2) is 59.5 Å². The molecule has 2 heterocycles. The van der Waals surface area contributed by atoms with Crippen LogP contribution in [0.4, 0.5) is 0 Å². The van der Waals surface area contributed by atoms with E-state index in [1.807, 2.05) is 6.92 Å². The molecule has 0 spiro atoms. The summed E-state index contributed by atoms with van der Waals surface area (Å²) in [5.41, 5.74) is -1.58. The molecule has 2 aliphatic heterocycles. The molecule has 1 amide bonds. The van der Waals surface area contributed by atoms with Gasteiger partial charge in [0.05, 0.1) is 19.9 Å². The van der Waals surface area contributed by atoms with Gasteiger partial charge in [-0.05, 0) is 13.8 Å². The number of carbonyl (C=O) groups excluding carboxylic acids is 2. The largest absolute Gasteiger partial charge is 0.466 e. The summed E-state index contributed by atoms with van der Waals surface area (Å²) in [5, 5.41) is 9.81. The van der Waals surface area contributed by atoms with Gasteiger partial charge in [-0.1, -0.05) is 19.6 Å². The normalized spacial score (nSPS) is 32.4. The number of esters is 1. The quantitative estimate of drug-likeness (QED) is 0.364. The second kappa shape index (κ2) is 5.03. The Morgan fingerprint density at radius 2 is 2.10 bits per heavy atom. The number of β-lactam (4-membered cyclic amide) rings is 1. The molecule has 0 saturated carbocycles. The number of fused-ring (bicyclic) bond motifs is 1. The lowest BCUT2D eigenvalue weighted by molar-refractivity contribution is -0.194. The van der Waals surface area contributed by atoms with Gasteiger partial charge in [-0.15, -0.1) is 11.8 Å². The zero-order chi connectivity index (χ0) is 15.3. The first kappa shape index (κ1) is 15.8. The molecule has 0 aromatic heterocycles. The van der Waals surface area contributed by atoms with Gasteiger partial charge in [-0.2, -0.15) is 0 Å². The van der Waals surface area contributed by atoms with Crippen molar-refractivity contribution in [2.24, 2.45) is 5.41 Å². The van der Waals surface area contributed by atoms with Crippen LogP contribution in [0.25, 0.3) is 0 Å². The van der Waals surface area contributed by atoms with Gasteiger partial charge in [0.1, 0.15) is 5.37 Å². The van der Waals surface area contributed by atoms with Crippen molar-refractivity contribution in [2.45, 2.75) is 50.7 Å². The summed E-state index contributed by atoms with van der Waals surface area (Å²) in [4.78, 5) is 26.6. The van der Waals surface area contributed by atoms with Crippen molar-refractivity contribution < 1.29 is 19.4 Å². The molecule has 0 aromatic rings. The van der Waals surface area contributed by atoms with Crippen molar-refractivity contribution in [1.82, 2.24) is 4.90 Å². The SMILES string of the molecule is CC(O)C1(C(=O)OC(C)[Si](C)(C)C)C(=O)N2CCS[C@H]21. The molecule has 0 aliphatic carbocycles. The van der Waals surface area contributed by atoms with Gasteiger partial charge in [-0.25, -0.2) is 0 Å². The maximum absolute atomic E-state index is 12.6. The minimum Gasteiger partial charge on any atom is -0.466 e. The molecule has 2 fully saturated rings. The van der Waals surface area contributed by atoms with Crippen LogP contribution in [0.3, 0.4) is 0 Å². The van der Waals surface area contributed by atoms with Gasteiger partial charge < -0.3 is 14.7 Å². The van der Waals surface area contributed by atoms with Crippen molar-refractivity contribution in [1.29, 1.82) is 0 Å². The number of aliphatic hydroxyl groups is 1. The van der Waals surface area contributed by atoms with E-state index in [1.54, 1.807) is 16.7 Å². The Morgan fingerprint density at radius 1 is 1.50 bits per heavy atom. The van der Waals surface area contributed by atoms with Gasteiger partial charge in [-0.3, -0.25) is 9.59 Å². The van der Waals surface area contributed by atoms with Crippen molar-refractivity contribution in [2.75, 3.05) is 12.3 Å². The van der Waals surface area contributed by atoms with Crippen LogP contribution in [0.1, 0.15) is 13.8 Å². The summed E-state index contributed by atoms with van der Waals surface area (Å²) in [6.45, 7) is 10.4. The molecule has 3 unspecified atom stereocenters. The summed E-state index contributed by atoms with van der Waals surface area (Å²) in [6, 6.07) is 0. The first-order valence-electron chi connectivity index (χ1n) is 6.95. The Hall–Kier alpha value is -0.533. The fraction of sp³-hybridized carbons (Fsp3) is 0.846. The first-order valence-corrected chi connectivity index (χ1v) is 11.6. The minimum absolute atomic E-state index is 0.182. The molecule has 1 N–H and O–H groups in total. The number of hydrogen-bond acceptors (Lipinski definition) is 5. The minimum atomic E-state index is -1.64. The fourth-order valence-corrected chi connectivity index (χ4v) is 4.53. The van der Waals surface area contributed by atoms with Crippen molar-refractivity contribution in [3.8, 4) is 0 Å². The zero-order valence-corrected chi connectivity index (χ0v) is 14.5. The monoisotopic (exact) mass is 317 g/mol. The van der Waals surface area contributed by atoms with Crippen LogP contribution in [0.5, 0.6) is 0 Å². The third-order valence-corrected chi connectivity index (χ3v) is 8.31. The van der Waals surface area contributed by atoms with Crippen molar-refractivity contribution >= 4 is 31.7 Å². The average molecular weight is 317 g/mol. The molecule has 2 aliphatic rings. The van der Waals surface area contributed by atoms with Crippen molar-refractivity contribution in [3.63, 3.8) is 0 Å². The molecule has 7 heteroatoms. The number of thioether (sulfide) groups is 1. The van der Waals surface area contributed by atoms with E-state index in [0.717, 1.165) is 5.75 Å². The van der Waals surface area contributed by atoms with Gasteiger partial charge in [0.15, 0.2) is 0 Å². The highest BCUT2D eigenvalue weighted by molar-refractivity contribution is 8.00. The molecule has 0 radical (unpaired) electrons. The molecule has 2 saturated heterocycles. The molecule has 0 bridgehead atoms. The summed E-state index contributed by atoms with van der Waals surface area (Å²) in [7, 11) is -1.64. The maximum atomic E-state index is 12.6. The Labute approximate surface area is 125 Å². The van der Waals surface area contributed by atoms with E-state index >= 15 is 0 Å². The van der Waals surface area contributed by atoms with Gasteiger partial charge >= 0.3 is 5.97 Å². The number of amides is 1. The van der Waals surface area contributed by atoms with Crippen LogP contribution < -0.4 is 0 Å². The standard InChI is InChI=1S/C13H23NO4SSi/c1-8(15)13(10(16)14-6-7-19-11(13)14)12(17)18-9(2)20(3,4)5/h8-9,11,15H,6-7H2,1-5H3/t8?,9?,11-,13?/m0/s1. The first-order chi connectivity index (χ1) is 9.13. The average Bonchev–Trinajstić information content (AvgIpc) is 2.72. The zero-order valence-electron chi connectivity index (χ0n) is 12.7. The lowest BCUT2D eigenvalue weighted by atomic mass is 9.73. The highest BCUT2D eigenvalue weighted by atomic mass is 32.2. The molecule has 0 aromatic carbocycles. The number of ether oxygens (including phenoxy) is 1. The summed E-state index contributed by atoms with van der Waals surface area (Å²) >= 11 is 1.55. The lowest BCUT2D eigenvalue weighted by Crippen LogP contribution is -2.73. The molecule has 2 rings (SSSR count). The Balaban J connectivity index is 2.22. The van der Waals surface area contributed by atoms with Gasteiger partial charge in [0.2, 0.25) is 11.3 Å². The van der Waals surface area contributed by atoms with E-state index in [1.165, 1.54) is 6.92 Å². The molecular formula is C13H23NO4SSi. The number of hydrogen-bond donors (Lipinski definition) is 1. The smallest absolute Gasteiger partial charge is 0.327 e. The molecule has 5 nitrogen and oxygen atoms in total. The molecule has 4 atom stereocenters. The highest BCUT2D eigenvalue weighted by Gasteiger charge is 2.71. The predicted octanol–water partition coefficient (Wildman–Crippen LogP) is 1.08. The second-order valence-corrected chi connectivity index (χ2v) is 13.4. The van der Waals surface area contributed by atoms with Gasteiger partial charge in [0, 0.05) is 12.3 Å². The van der Waals surface area contributed by atoms with Crippen LogP contribution >= 0.6 is 11.8 Å². The van der Waals surface area contributed by atoms with E-state index < -0.39 is 25.6 Å². The number of aliphatic hydroxyl groups excluding tert-OH is 1. The number of rotatable bonds is 4. The number of nitrogens with zero attached hydrogens (tertiary/aromatic N) is 1. The Bertz CT molecular complexity index is 437. The Morgan fingerprint density at radius 3 is 2.60 bits per heavy atom. The summed E-state index contributed by atoms with van der Waals surface area (Å²) in [5.74, 6) is -0.0276. The van der Waals surface area contributed by atoms with Crippen LogP contribution in [0.2, 0.25) is 19.6 Å². The van der Waals surface area contributed by atoms with E-state index in [0.29, 0.717) is 6.54 Å². The van der Waals surface area contributed by atoms with E-state index in [2.05, 4.69) is 19.6 Å². The van der Waals surface area contributed by atoms with Crippen LogP contribution in [0, 0.1) is 5.41 Å². The third kappa shape index (κ3) is 2.10. The summed E-state index contributed by atoms with van der Waals surface area (Å²) in [6.07, 6.45) is -1.02. The molecule has 20 heavy (non-hydrogen) atoms. The van der Waals surface area contributed by atoms with Gasteiger partial charge in [0.25, 0.3) is 0 Å². The fourth-order valence-electron chi connectivity index (χ4n) is 2.51. The topological polar surface area (TPSA) is 66.8 Å². The maximum Gasteiger partial charge on any atom is 0.327 e. The number of carbonyl (C=O) groups is 2. The van der Waals surface area contributed by atoms with E-state index in [9.17, 15) is 14.7 Å². The van der Waals surface area contributed by atoms with E-state index in [4.69, 9.17) is 4.74 Å². The second-order valence-electron chi connectivity index (χ2n) is 6.68. The van der Waals surface area contributed by atoms with Crippen LogP contribution in [-0.2, 0) is 14.3 Å². The lowest BCUT2D eigenvalue weighted by Gasteiger charge is -2.51. The molecule has 114 valence electrons. The predicted molar refractivity (Wildman–Crippen MR) is 81.0 cm³/mol. The third-order valence-electron chi connectivity index (χ3n) is 4.40. The molecular weight excluding hydrogens is 294 g/mol.